The van der Waals surface area contributed by atoms with E-state index in [0.29, 0.717) is 0 Å². The first kappa shape index (κ1) is 22.9. The number of benzene rings is 1. The van der Waals surface area contributed by atoms with Crippen LogP contribution in [0.1, 0.15) is 57.9 Å². The molecule has 1 aromatic rings. The van der Waals surface area contributed by atoms with Crippen molar-refractivity contribution in [2.45, 2.75) is 65.0 Å². The van der Waals surface area contributed by atoms with Crippen molar-refractivity contribution in [2.24, 2.45) is 17.8 Å². The SMILES string of the molecule is COC(=O)[C@@H](NC(=O)[C@@H](CC(=O)OCc1ccccc1)C(C)C)C1CCCCC1. The zero-order chi connectivity index (χ0) is 21.2. The van der Waals surface area contributed by atoms with Crippen molar-refractivity contribution in [3.05, 3.63) is 35.9 Å². The molecule has 0 saturated heterocycles. The zero-order valence-corrected chi connectivity index (χ0v) is 17.7. The quantitative estimate of drug-likeness (QED) is 0.637. The van der Waals surface area contributed by atoms with Gasteiger partial charge in [0.1, 0.15) is 12.6 Å². The van der Waals surface area contributed by atoms with Crippen LogP contribution in [0.4, 0.5) is 0 Å². The molecular weight excluding hydrogens is 370 g/mol. The monoisotopic (exact) mass is 403 g/mol. The van der Waals surface area contributed by atoms with Gasteiger partial charge < -0.3 is 14.8 Å². The van der Waals surface area contributed by atoms with Crippen molar-refractivity contribution in [1.82, 2.24) is 5.32 Å². The molecule has 0 aromatic heterocycles. The number of methoxy groups -OCH3 is 1. The van der Waals surface area contributed by atoms with Gasteiger partial charge in [0.25, 0.3) is 0 Å². The number of nitrogens with one attached hydrogen (secondary N) is 1. The van der Waals surface area contributed by atoms with Gasteiger partial charge in [-0.1, -0.05) is 63.4 Å². The number of carbonyl (C=O) groups is 3. The van der Waals surface area contributed by atoms with Crippen LogP contribution in [-0.2, 0) is 30.5 Å². The lowest BCUT2D eigenvalue weighted by Crippen LogP contribution is -2.50. The predicted octanol–water partition coefficient (Wildman–Crippen LogP) is 3.63. The summed E-state index contributed by atoms with van der Waals surface area (Å²) in [7, 11) is 1.34. The summed E-state index contributed by atoms with van der Waals surface area (Å²) in [5.74, 6) is -1.68. The molecular formula is C23H33NO5. The highest BCUT2D eigenvalue weighted by Crippen LogP contribution is 2.28. The standard InChI is InChI=1S/C23H33NO5/c1-16(2)19(14-20(25)29-15-17-10-6-4-7-11-17)22(26)24-21(23(27)28-3)18-12-8-5-9-13-18/h4,6-7,10-11,16,18-19,21H,5,8-9,12-15H2,1-3H3,(H,24,26)/t19-,21-/m0/s1. The fourth-order valence-electron chi connectivity index (χ4n) is 3.83. The van der Waals surface area contributed by atoms with Gasteiger partial charge in [-0.25, -0.2) is 4.79 Å². The lowest BCUT2D eigenvalue weighted by atomic mass is 9.83. The van der Waals surface area contributed by atoms with E-state index in [1.165, 1.54) is 7.11 Å². The predicted molar refractivity (Wildman–Crippen MR) is 110 cm³/mol. The van der Waals surface area contributed by atoms with Gasteiger partial charge in [-0.3, -0.25) is 9.59 Å². The lowest BCUT2D eigenvalue weighted by molar-refractivity contribution is -0.150. The first-order valence-electron chi connectivity index (χ1n) is 10.5. The van der Waals surface area contributed by atoms with E-state index in [0.717, 1.165) is 37.7 Å². The largest absolute Gasteiger partial charge is 0.467 e. The molecule has 29 heavy (non-hydrogen) atoms. The van der Waals surface area contributed by atoms with Crippen LogP contribution in [0.2, 0.25) is 0 Å². The van der Waals surface area contributed by atoms with Gasteiger partial charge in [0.15, 0.2) is 0 Å². The lowest BCUT2D eigenvalue weighted by Gasteiger charge is -2.30. The molecule has 6 heteroatoms. The molecule has 0 heterocycles. The van der Waals surface area contributed by atoms with Crippen LogP contribution in [0.25, 0.3) is 0 Å². The highest BCUT2D eigenvalue weighted by atomic mass is 16.5. The van der Waals surface area contributed by atoms with Crippen molar-refractivity contribution >= 4 is 17.8 Å². The summed E-state index contributed by atoms with van der Waals surface area (Å²) in [6.07, 6.45) is 5.02. The van der Waals surface area contributed by atoms with E-state index in [4.69, 9.17) is 9.47 Å². The molecule has 0 unspecified atom stereocenters. The Morgan fingerprint density at radius 1 is 1.07 bits per heavy atom. The van der Waals surface area contributed by atoms with E-state index >= 15 is 0 Å². The minimum absolute atomic E-state index is 0.0190. The number of hydrogen-bond donors (Lipinski definition) is 1. The second-order valence-corrected chi connectivity index (χ2v) is 8.11. The van der Waals surface area contributed by atoms with E-state index in [9.17, 15) is 14.4 Å². The van der Waals surface area contributed by atoms with Gasteiger partial charge >= 0.3 is 11.9 Å². The molecule has 6 nitrogen and oxygen atoms in total. The molecule has 1 aliphatic carbocycles. The summed E-state index contributed by atoms with van der Waals surface area (Å²) in [4.78, 5) is 37.6. The molecule has 1 aliphatic rings. The molecule has 0 spiro atoms. The third kappa shape index (κ3) is 7.18. The summed E-state index contributed by atoms with van der Waals surface area (Å²) in [6, 6.07) is 8.76. The molecule has 1 N–H and O–H groups in total. The number of rotatable bonds is 9. The van der Waals surface area contributed by atoms with Gasteiger partial charge in [0.05, 0.1) is 19.4 Å². The number of hydrogen-bond acceptors (Lipinski definition) is 5. The van der Waals surface area contributed by atoms with Crippen LogP contribution >= 0.6 is 0 Å². The maximum atomic E-state index is 12.9. The molecule has 2 rings (SSSR count). The van der Waals surface area contributed by atoms with Crippen LogP contribution < -0.4 is 5.32 Å². The molecule has 160 valence electrons. The Labute approximate surface area is 173 Å². The Kier molecular flexibility index (Phi) is 9.16. The topological polar surface area (TPSA) is 81.7 Å². The number of ether oxygens (including phenoxy) is 2. The van der Waals surface area contributed by atoms with E-state index in [1.54, 1.807) is 0 Å². The average molecular weight is 404 g/mol. The highest BCUT2D eigenvalue weighted by molar-refractivity contribution is 5.88. The van der Waals surface area contributed by atoms with Gasteiger partial charge in [-0.15, -0.1) is 0 Å². The fourth-order valence-corrected chi connectivity index (χ4v) is 3.83. The molecule has 1 amide bonds. The summed E-state index contributed by atoms with van der Waals surface area (Å²) in [6.45, 7) is 3.96. The Morgan fingerprint density at radius 2 is 1.72 bits per heavy atom. The van der Waals surface area contributed by atoms with Crippen LogP contribution in [0.5, 0.6) is 0 Å². The zero-order valence-electron chi connectivity index (χ0n) is 17.7. The van der Waals surface area contributed by atoms with Crippen LogP contribution in [-0.4, -0.2) is 31.0 Å². The highest BCUT2D eigenvalue weighted by Gasteiger charge is 2.35. The number of carbonyl (C=O) groups excluding carboxylic acids is 3. The number of esters is 2. The second-order valence-electron chi connectivity index (χ2n) is 8.11. The van der Waals surface area contributed by atoms with Crippen LogP contribution in [0.15, 0.2) is 30.3 Å². The van der Waals surface area contributed by atoms with Crippen molar-refractivity contribution in [2.75, 3.05) is 7.11 Å². The Morgan fingerprint density at radius 3 is 2.31 bits per heavy atom. The third-order valence-corrected chi connectivity index (χ3v) is 5.64. The third-order valence-electron chi connectivity index (χ3n) is 5.64. The normalized spacial score (nSPS) is 16.7. The molecule has 1 fully saturated rings. The molecule has 0 bridgehead atoms. The van der Waals surface area contributed by atoms with Crippen molar-refractivity contribution in [3.8, 4) is 0 Å². The second kappa shape index (κ2) is 11.6. The fraction of sp³-hybridized carbons (Fsp3) is 0.609. The van der Waals surface area contributed by atoms with E-state index < -0.39 is 23.9 Å². The molecule has 1 saturated carbocycles. The van der Waals surface area contributed by atoms with E-state index in [1.807, 2.05) is 44.2 Å². The number of amides is 1. The maximum Gasteiger partial charge on any atom is 0.328 e. The van der Waals surface area contributed by atoms with E-state index in [2.05, 4.69) is 5.32 Å². The average Bonchev–Trinajstić information content (AvgIpc) is 2.74. The van der Waals surface area contributed by atoms with Crippen molar-refractivity contribution in [1.29, 1.82) is 0 Å². The maximum absolute atomic E-state index is 12.9. The molecule has 2 atom stereocenters. The van der Waals surface area contributed by atoms with Gasteiger partial charge in [-0.2, -0.15) is 0 Å². The summed E-state index contributed by atoms with van der Waals surface area (Å²) >= 11 is 0. The minimum Gasteiger partial charge on any atom is -0.467 e. The summed E-state index contributed by atoms with van der Waals surface area (Å²) in [5, 5.41) is 2.88. The molecule has 0 aliphatic heterocycles. The minimum atomic E-state index is -0.658. The van der Waals surface area contributed by atoms with Crippen molar-refractivity contribution in [3.63, 3.8) is 0 Å². The van der Waals surface area contributed by atoms with Gasteiger partial charge in [0.2, 0.25) is 5.91 Å². The Balaban J connectivity index is 1.97. The van der Waals surface area contributed by atoms with Gasteiger partial charge in [-0.05, 0) is 30.2 Å². The molecule has 0 radical (unpaired) electrons. The smallest absolute Gasteiger partial charge is 0.328 e. The van der Waals surface area contributed by atoms with Crippen LogP contribution in [0.3, 0.4) is 0 Å². The first-order chi connectivity index (χ1) is 13.9. The Bertz CT molecular complexity index is 667. The van der Waals surface area contributed by atoms with E-state index in [-0.39, 0.29) is 30.8 Å². The van der Waals surface area contributed by atoms with Gasteiger partial charge in [0, 0.05) is 0 Å². The Hall–Kier alpha value is -2.37. The van der Waals surface area contributed by atoms with Crippen molar-refractivity contribution < 1.29 is 23.9 Å². The summed E-state index contributed by atoms with van der Waals surface area (Å²) in [5.41, 5.74) is 0.898. The summed E-state index contributed by atoms with van der Waals surface area (Å²) < 4.78 is 10.3. The molecule has 1 aromatic carbocycles. The van der Waals surface area contributed by atoms with Crippen LogP contribution in [0, 0.1) is 17.8 Å². The first-order valence-corrected chi connectivity index (χ1v) is 10.5.